The van der Waals surface area contributed by atoms with Crippen LogP contribution in [0.4, 0.5) is 17.1 Å². The zero-order valence-corrected chi connectivity index (χ0v) is 22.4. The molecule has 3 amide bonds. The van der Waals surface area contributed by atoms with Crippen molar-refractivity contribution in [3.8, 4) is 0 Å². The minimum atomic E-state index is -0.685. The van der Waals surface area contributed by atoms with Crippen LogP contribution in [0.5, 0.6) is 0 Å². The van der Waals surface area contributed by atoms with Crippen molar-refractivity contribution in [3.63, 3.8) is 0 Å². The fourth-order valence-electron chi connectivity index (χ4n) is 4.03. The zero-order valence-electron chi connectivity index (χ0n) is 21.6. The first-order valence-corrected chi connectivity index (χ1v) is 13.0. The monoisotopic (exact) mass is 545 g/mol. The summed E-state index contributed by atoms with van der Waals surface area (Å²) in [5.74, 6) is -1.95. The van der Waals surface area contributed by atoms with E-state index in [0.717, 1.165) is 23.4 Å². The third kappa shape index (κ3) is 6.02. The summed E-state index contributed by atoms with van der Waals surface area (Å²) in [5.41, 5.74) is 2.25. The van der Waals surface area contributed by atoms with Crippen LogP contribution in [0.2, 0.25) is 0 Å². The number of imide groups is 1. The van der Waals surface area contributed by atoms with Crippen LogP contribution < -0.4 is 15.1 Å². The van der Waals surface area contributed by atoms with E-state index < -0.39 is 17.8 Å². The van der Waals surface area contributed by atoms with Gasteiger partial charge < -0.3 is 15.0 Å². The molecule has 0 unspecified atom stereocenters. The summed E-state index contributed by atoms with van der Waals surface area (Å²) in [6.07, 6.45) is 1.67. The predicted octanol–water partition coefficient (Wildman–Crippen LogP) is 5.75. The molecule has 0 spiro atoms. The average molecular weight is 546 g/mol. The summed E-state index contributed by atoms with van der Waals surface area (Å²) in [7, 11) is 0. The molecule has 8 nitrogen and oxygen atoms in total. The Morgan fingerprint density at radius 3 is 2.13 bits per heavy atom. The van der Waals surface area contributed by atoms with Gasteiger partial charge in [0, 0.05) is 23.5 Å². The lowest BCUT2D eigenvalue weighted by Crippen LogP contribution is -2.32. The van der Waals surface area contributed by atoms with E-state index in [-0.39, 0.29) is 22.3 Å². The highest BCUT2D eigenvalue weighted by Crippen LogP contribution is 2.30. The second kappa shape index (κ2) is 12.4. The highest BCUT2D eigenvalue weighted by atomic mass is 35.5. The zero-order chi connectivity index (χ0) is 27.9. The van der Waals surface area contributed by atoms with E-state index in [1.54, 1.807) is 29.2 Å². The maximum atomic E-state index is 13.1. The van der Waals surface area contributed by atoms with Crippen LogP contribution in [-0.4, -0.2) is 36.8 Å². The number of hydrogen-bond acceptors (Lipinski definition) is 6. The summed E-state index contributed by atoms with van der Waals surface area (Å²) in [5, 5.41) is 2.65. The van der Waals surface area contributed by atoms with Crippen molar-refractivity contribution in [3.05, 3.63) is 101 Å². The van der Waals surface area contributed by atoms with Gasteiger partial charge in [-0.25, -0.2) is 9.69 Å². The van der Waals surface area contributed by atoms with Crippen molar-refractivity contribution >= 4 is 52.4 Å². The number of carbonyl (C=O) groups excluding carboxylic acids is 4. The lowest BCUT2D eigenvalue weighted by atomic mass is 10.1. The number of unbranched alkanes of at least 4 members (excludes halogenated alkanes) is 1. The maximum Gasteiger partial charge on any atom is 0.338 e. The van der Waals surface area contributed by atoms with E-state index in [2.05, 4.69) is 5.32 Å². The Labute approximate surface area is 231 Å². The summed E-state index contributed by atoms with van der Waals surface area (Å²) >= 11 is 6.25. The molecule has 1 heterocycles. The Balaban J connectivity index is 1.45. The van der Waals surface area contributed by atoms with E-state index in [1.807, 2.05) is 44.2 Å². The van der Waals surface area contributed by atoms with Crippen molar-refractivity contribution in [2.24, 2.45) is 0 Å². The summed E-state index contributed by atoms with van der Waals surface area (Å²) in [6.45, 7) is 4.72. The number of anilines is 3. The Morgan fingerprint density at radius 1 is 0.872 bits per heavy atom. The predicted molar refractivity (Wildman–Crippen MR) is 151 cm³/mol. The number of nitrogens with one attached hydrogen (secondary N) is 1. The minimum absolute atomic E-state index is 0.0803. The van der Waals surface area contributed by atoms with E-state index in [9.17, 15) is 19.2 Å². The largest absolute Gasteiger partial charge is 0.462 e. The minimum Gasteiger partial charge on any atom is -0.462 e. The van der Waals surface area contributed by atoms with Gasteiger partial charge >= 0.3 is 5.97 Å². The molecule has 0 atom stereocenters. The van der Waals surface area contributed by atoms with Gasteiger partial charge in [-0.3, -0.25) is 14.4 Å². The number of amides is 3. The first-order chi connectivity index (χ1) is 18.8. The number of nitrogens with zero attached hydrogens (tertiary/aromatic N) is 2. The van der Waals surface area contributed by atoms with Crippen molar-refractivity contribution in [1.82, 2.24) is 0 Å². The standard InChI is InChI=1S/C30H28ClN3O5/c1-3-5-19-39-30(38)21-13-17-24(18-14-21)34-28(36)25(31)26(29(34)37)32-22-15-11-20(12-16-22)27(35)33(4-2)23-9-7-6-8-10-23/h6-18,32H,3-5,19H2,1-2H3. The molecule has 0 saturated carbocycles. The number of halogens is 1. The second-order valence-corrected chi connectivity index (χ2v) is 9.14. The van der Waals surface area contributed by atoms with Crippen molar-refractivity contribution in [2.45, 2.75) is 26.7 Å². The molecule has 0 aliphatic carbocycles. The number of hydrogen-bond donors (Lipinski definition) is 1. The number of para-hydroxylation sites is 1. The third-order valence-electron chi connectivity index (χ3n) is 6.15. The molecular formula is C30H28ClN3O5. The lowest BCUT2D eigenvalue weighted by Gasteiger charge is -2.21. The molecule has 1 aliphatic rings. The number of ether oxygens (including phenoxy) is 1. The Morgan fingerprint density at radius 2 is 1.51 bits per heavy atom. The normalized spacial score (nSPS) is 13.1. The number of rotatable bonds is 10. The van der Waals surface area contributed by atoms with Crippen LogP contribution in [0.15, 0.2) is 89.6 Å². The molecule has 3 aromatic rings. The topological polar surface area (TPSA) is 96.0 Å². The second-order valence-electron chi connectivity index (χ2n) is 8.76. The van der Waals surface area contributed by atoms with Gasteiger partial charge in [0.05, 0.1) is 17.9 Å². The van der Waals surface area contributed by atoms with Gasteiger partial charge in [0.25, 0.3) is 17.7 Å². The van der Waals surface area contributed by atoms with Crippen molar-refractivity contribution in [2.75, 3.05) is 28.3 Å². The molecule has 0 aromatic heterocycles. The first-order valence-electron chi connectivity index (χ1n) is 12.7. The molecule has 3 aromatic carbocycles. The van der Waals surface area contributed by atoms with Crippen LogP contribution in [0.1, 0.15) is 47.4 Å². The number of esters is 1. The van der Waals surface area contributed by atoms with E-state index in [4.69, 9.17) is 16.3 Å². The Hall–Kier alpha value is -4.43. The van der Waals surface area contributed by atoms with Crippen molar-refractivity contribution < 1.29 is 23.9 Å². The van der Waals surface area contributed by atoms with E-state index >= 15 is 0 Å². The fourth-order valence-corrected chi connectivity index (χ4v) is 4.25. The molecule has 0 bridgehead atoms. The highest BCUT2D eigenvalue weighted by Gasteiger charge is 2.39. The molecule has 4 rings (SSSR count). The van der Waals surface area contributed by atoms with Gasteiger partial charge in [-0.1, -0.05) is 43.1 Å². The molecule has 0 fully saturated rings. The summed E-state index contributed by atoms with van der Waals surface area (Å²) in [6, 6.07) is 21.9. The molecule has 0 saturated heterocycles. The van der Waals surface area contributed by atoms with Gasteiger partial charge in [0.1, 0.15) is 10.7 Å². The van der Waals surface area contributed by atoms with Crippen LogP contribution in [0, 0.1) is 0 Å². The van der Waals surface area contributed by atoms with Gasteiger partial charge in [0.2, 0.25) is 0 Å². The number of benzene rings is 3. The Kier molecular flexibility index (Phi) is 8.78. The molecule has 0 radical (unpaired) electrons. The first kappa shape index (κ1) is 27.6. The van der Waals surface area contributed by atoms with Crippen LogP contribution in [0.25, 0.3) is 0 Å². The van der Waals surface area contributed by atoms with E-state index in [1.165, 1.54) is 24.3 Å². The molecular weight excluding hydrogens is 518 g/mol. The molecule has 1 N–H and O–H groups in total. The maximum absolute atomic E-state index is 13.1. The quantitative estimate of drug-likeness (QED) is 0.198. The lowest BCUT2D eigenvalue weighted by molar-refractivity contribution is -0.120. The van der Waals surface area contributed by atoms with Gasteiger partial charge in [0.15, 0.2) is 0 Å². The third-order valence-corrected chi connectivity index (χ3v) is 6.50. The number of carbonyl (C=O) groups is 4. The van der Waals surface area contributed by atoms with Gasteiger partial charge in [-0.15, -0.1) is 0 Å². The highest BCUT2D eigenvalue weighted by molar-refractivity contribution is 6.53. The van der Waals surface area contributed by atoms with Gasteiger partial charge in [-0.2, -0.15) is 0 Å². The molecule has 39 heavy (non-hydrogen) atoms. The van der Waals surface area contributed by atoms with Crippen LogP contribution >= 0.6 is 11.6 Å². The summed E-state index contributed by atoms with van der Waals surface area (Å²) < 4.78 is 5.19. The van der Waals surface area contributed by atoms with Gasteiger partial charge in [-0.05, 0) is 74.0 Å². The summed E-state index contributed by atoms with van der Waals surface area (Å²) in [4.78, 5) is 53.8. The molecule has 1 aliphatic heterocycles. The molecule has 9 heteroatoms. The smallest absolute Gasteiger partial charge is 0.338 e. The fraction of sp³-hybridized carbons (Fsp3) is 0.200. The SMILES string of the molecule is CCCCOC(=O)c1ccc(N2C(=O)C(Cl)=C(Nc3ccc(C(=O)N(CC)c4ccccc4)cc3)C2=O)cc1. The van der Waals surface area contributed by atoms with E-state index in [0.29, 0.717) is 30.0 Å². The molecule has 200 valence electrons. The Bertz CT molecular complexity index is 1400. The van der Waals surface area contributed by atoms with Crippen LogP contribution in [0.3, 0.4) is 0 Å². The van der Waals surface area contributed by atoms with Crippen LogP contribution in [-0.2, 0) is 14.3 Å². The van der Waals surface area contributed by atoms with Crippen molar-refractivity contribution in [1.29, 1.82) is 0 Å². The average Bonchev–Trinajstić information content (AvgIpc) is 3.17.